The molecule has 0 spiro atoms. The second-order valence-corrected chi connectivity index (χ2v) is 4.00. The molecule has 0 unspecified atom stereocenters. The Balaban J connectivity index is 4.80. The molecule has 0 aromatic rings. The Morgan fingerprint density at radius 1 is 1.36 bits per heavy atom. The summed E-state index contributed by atoms with van der Waals surface area (Å²) in [6, 6.07) is 0. The Morgan fingerprint density at radius 2 is 1.82 bits per heavy atom. The van der Waals surface area contributed by atoms with Crippen LogP contribution in [0.5, 0.6) is 0 Å². The van der Waals surface area contributed by atoms with E-state index >= 15 is 0 Å². The largest absolute Gasteiger partial charge is 0.0988 e. The van der Waals surface area contributed by atoms with Crippen molar-refractivity contribution >= 4 is 0 Å². The van der Waals surface area contributed by atoms with Gasteiger partial charge in [0.15, 0.2) is 0 Å². The molecule has 0 aromatic carbocycles. The smallest absolute Gasteiger partial charge is 0.0133 e. The van der Waals surface area contributed by atoms with Gasteiger partial charge in [0, 0.05) is 0 Å². The zero-order valence-electron chi connectivity index (χ0n) is 8.49. The molecule has 0 bridgehead atoms. The first-order valence-electron chi connectivity index (χ1n) is 4.26. The van der Waals surface area contributed by atoms with Crippen LogP contribution in [0.1, 0.15) is 41.0 Å². The first-order chi connectivity index (χ1) is 4.93. The summed E-state index contributed by atoms with van der Waals surface area (Å²) in [6.07, 6.45) is 3.11. The molecule has 0 aromatic heterocycles. The van der Waals surface area contributed by atoms with E-state index in [0.717, 1.165) is 6.42 Å². The zero-order valence-corrected chi connectivity index (χ0v) is 8.49. The van der Waals surface area contributed by atoms with Crippen molar-refractivity contribution in [2.45, 2.75) is 41.0 Å². The van der Waals surface area contributed by atoms with Gasteiger partial charge in [0.2, 0.25) is 0 Å². The molecule has 0 nitrogen and oxygen atoms in total. The van der Waals surface area contributed by atoms with Crippen LogP contribution < -0.4 is 0 Å². The number of allylic oxidation sites excluding steroid dienone is 3. The average Bonchev–Trinajstić information content (AvgIpc) is 1.86. The minimum Gasteiger partial charge on any atom is -0.0988 e. The van der Waals surface area contributed by atoms with Crippen molar-refractivity contribution in [3.63, 3.8) is 0 Å². The Kier molecular flexibility index (Phi) is 3.57. The van der Waals surface area contributed by atoms with Gasteiger partial charge in [-0.1, -0.05) is 45.9 Å². The highest BCUT2D eigenvalue weighted by Crippen LogP contribution is 2.29. The van der Waals surface area contributed by atoms with Crippen LogP contribution in [0.4, 0.5) is 0 Å². The van der Waals surface area contributed by atoms with Crippen LogP contribution >= 0.6 is 0 Å². The van der Waals surface area contributed by atoms with Gasteiger partial charge in [-0.25, -0.2) is 0 Å². The lowest BCUT2D eigenvalue weighted by Gasteiger charge is -2.22. The second-order valence-electron chi connectivity index (χ2n) is 4.00. The maximum Gasteiger partial charge on any atom is -0.0133 e. The molecule has 0 atom stereocenters. The van der Waals surface area contributed by atoms with Crippen molar-refractivity contribution in [3.05, 3.63) is 23.8 Å². The molecule has 11 heavy (non-hydrogen) atoms. The van der Waals surface area contributed by atoms with Gasteiger partial charge in [-0.2, -0.15) is 0 Å². The average molecular weight is 152 g/mol. The van der Waals surface area contributed by atoms with Crippen LogP contribution in [0.15, 0.2) is 23.8 Å². The third-order valence-electron chi connectivity index (χ3n) is 2.00. The topological polar surface area (TPSA) is 0 Å². The fraction of sp³-hybridized carbons (Fsp3) is 0.636. The molecule has 0 saturated heterocycles. The molecule has 0 rings (SSSR count). The number of rotatable bonds is 2. The van der Waals surface area contributed by atoms with E-state index in [4.69, 9.17) is 0 Å². The predicted octanol–water partition coefficient (Wildman–Crippen LogP) is 3.95. The summed E-state index contributed by atoms with van der Waals surface area (Å²) in [7, 11) is 0. The normalized spacial score (nSPS) is 14.3. The van der Waals surface area contributed by atoms with E-state index in [2.05, 4.69) is 41.2 Å². The summed E-state index contributed by atoms with van der Waals surface area (Å²) in [5, 5.41) is 0. The van der Waals surface area contributed by atoms with Crippen LogP contribution in [0.25, 0.3) is 0 Å². The molecule has 0 radical (unpaired) electrons. The van der Waals surface area contributed by atoms with Crippen molar-refractivity contribution < 1.29 is 0 Å². The highest BCUT2D eigenvalue weighted by molar-refractivity contribution is 5.28. The quantitative estimate of drug-likeness (QED) is 0.526. The van der Waals surface area contributed by atoms with Crippen LogP contribution in [-0.4, -0.2) is 0 Å². The molecule has 0 aliphatic heterocycles. The highest BCUT2D eigenvalue weighted by Gasteiger charge is 2.15. The molecular formula is C11H20. The Labute approximate surface area is 71.0 Å². The van der Waals surface area contributed by atoms with Gasteiger partial charge in [0.05, 0.1) is 0 Å². The van der Waals surface area contributed by atoms with E-state index in [9.17, 15) is 0 Å². The SMILES string of the molecule is C=C/C(=C(\C)CC)C(C)(C)C. The maximum absolute atomic E-state index is 3.84. The van der Waals surface area contributed by atoms with Gasteiger partial charge >= 0.3 is 0 Å². The number of hydrogen-bond acceptors (Lipinski definition) is 0. The summed E-state index contributed by atoms with van der Waals surface area (Å²) < 4.78 is 0. The van der Waals surface area contributed by atoms with E-state index in [0.29, 0.717) is 0 Å². The minimum absolute atomic E-state index is 0.252. The van der Waals surface area contributed by atoms with Crippen molar-refractivity contribution in [3.8, 4) is 0 Å². The first kappa shape index (κ1) is 10.5. The summed E-state index contributed by atoms with van der Waals surface area (Å²) in [6.45, 7) is 14.9. The molecule has 64 valence electrons. The third kappa shape index (κ3) is 2.92. The highest BCUT2D eigenvalue weighted by atomic mass is 14.2. The van der Waals surface area contributed by atoms with Crippen LogP contribution in [0.2, 0.25) is 0 Å². The van der Waals surface area contributed by atoms with Gasteiger partial charge in [0.25, 0.3) is 0 Å². The van der Waals surface area contributed by atoms with Crippen LogP contribution in [-0.2, 0) is 0 Å². The van der Waals surface area contributed by atoms with Gasteiger partial charge in [-0.3, -0.25) is 0 Å². The van der Waals surface area contributed by atoms with E-state index in [1.165, 1.54) is 11.1 Å². The Hall–Kier alpha value is -0.520. The van der Waals surface area contributed by atoms with Gasteiger partial charge in [0.1, 0.15) is 0 Å². The van der Waals surface area contributed by atoms with Crippen molar-refractivity contribution in [1.29, 1.82) is 0 Å². The Bertz CT molecular complexity index is 165. The van der Waals surface area contributed by atoms with Crippen molar-refractivity contribution in [1.82, 2.24) is 0 Å². The van der Waals surface area contributed by atoms with Gasteiger partial charge in [-0.15, -0.1) is 0 Å². The van der Waals surface area contributed by atoms with Gasteiger partial charge < -0.3 is 0 Å². The molecule has 0 N–H and O–H groups in total. The van der Waals surface area contributed by atoms with Crippen LogP contribution in [0, 0.1) is 5.41 Å². The zero-order chi connectivity index (χ0) is 9.07. The van der Waals surface area contributed by atoms with Gasteiger partial charge in [-0.05, 0) is 24.3 Å². The summed E-state index contributed by atoms with van der Waals surface area (Å²) in [5.74, 6) is 0. The third-order valence-corrected chi connectivity index (χ3v) is 2.00. The molecule has 0 aliphatic rings. The second kappa shape index (κ2) is 3.75. The fourth-order valence-corrected chi connectivity index (χ4v) is 1.31. The standard InChI is InChI=1S/C11H20/c1-7-9(3)10(8-2)11(4,5)6/h8H,2,7H2,1,3-6H3/b10-9-. The lowest BCUT2D eigenvalue weighted by molar-refractivity contribution is 0.510. The monoisotopic (exact) mass is 152 g/mol. The van der Waals surface area contributed by atoms with E-state index < -0.39 is 0 Å². The number of hydrogen-bond donors (Lipinski definition) is 0. The maximum atomic E-state index is 3.84. The lowest BCUT2D eigenvalue weighted by Crippen LogP contribution is -2.09. The van der Waals surface area contributed by atoms with E-state index in [1.807, 2.05) is 6.08 Å². The van der Waals surface area contributed by atoms with Crippen LogP contribution in [0.3, 0.4) is 0 Å². The molecule has 0 aliphatic carbocycles. The van der Waals surface area contributed by atoms with Crippen molar-refractivity contribution in [2.75, 3.05) is 0 Å². The summed E-state index contributed by atoms with van der Waals surface area (Å²) >= 11 is 0. The predicted molar refractivity (Wildman–Crippen MR) is 52.6 cm³/mol. The molecule has 0 saturated carbocycles. The molecule has 0 amide bonds. The Morgan fingerprint density at radius 3 is 1.91 bits per heavy atom. The lowest BCUT2D eigenvalue weighted by atomic mass is 9.83. The fourth-order valence-electron chi connectivity index (χ4n) is 1.31. The molecule has 0 heterocycles. The van der Waals surface area contributed by atoms with E-state index in [1.54, 1.807) is 0 Å². The molecule has 0 fully saturated rings. The van der Waals surface area contributed by atoms with Crippen molar-refractivity contribution in [2.24, 2.45) is 5.41 Å². The summed E-state index contributed by atoms with van der Waals surface area (Å²) in [5.41, 5.74) is 3.09. The minimum atomic E-state index is 0.252. The summed E-state index contributed by atoms with van der Waals surface area (Å²) in [4.78, 5) is 0. The molecule has 0 heteroatoms. The first-order valence-corrected chi connectivity index (χ1v) is 4.26. The molecular weight excluding hydrogens is 132 g/mol. The van der Waals surface area contributed by atoms with E-state index in [-0.39, 0.29) is 5.41 Å².